The van der Waals surface area contributed by atoms with Crippen molar-refractivity contribution in [3.8, 4) is 0 Å². The number of anilines is 1. The van der Waals surface area contributed by atoms with Crippen molar-refractivity contribution in [1.82, 2.24) is 9.21 Å². The Labute approximate surface area is 170 Å². The molecule has 2 aliphatic heterocycles. The van der Waals surface area contributed by atoms with E-state index in [2.05, 4.69) is 17.9 Å². The zero-order chi connectivity index (χ0) is 20.6. The minimum Gasteiger partial charge on any atom is -0.359 e. The first-order chi connectivity index (χ1) is 13.9. The Balaban J connectivity index is 1.38. The number of halogens is 1. The van der Waals surface area contributed by atoms with E-state index in [1.807, 2.05) is 18.2 Å². The zero-order valence-corrected chi connectivity index (χ0v) is 17.1. The van der Waals surface area contributed by atoms with Crippen LogP contribution in [-0.4, -0.2) is 62.3 Å². The minimum atomic E-state index is -3.68. The average molecular weight is 418 g/mol. The third-order valence-corrected chi connectivity index (χ3v) is 7.61. The van der Waals surface area contributed by atoms with Gasteiger partial charge in [0.2, 0.25) is 15.9 Å². The molecule has 0 unspecified atom stereocenters. The molecule has 6 nitrogen and oxygen atoms in total. The van der Waals surface area contributed by atoms with Crippen LogP contribution in [0.4, 0.5) is 10.1 Å². The van der Waals surface area contributed by atoms with E-state index in [0.717, 1.165) is 24.2 Å². The molecule has 1 atom stereocenters. The Morgan fingerprint density at radius 1 is 1.03 bits per heavy atom. The van der Waals surface area contributed by atoms with Crippen LogP contribution in [0.2, 0.25) is 0 Å². The molecule has 0 spiro atoms. The van der Waals surface area contributed by atoms with Crippen LogP contribution in [0.15, 0.2) is 53.4 Å². The number of fused-ring (bicyclic) bond motifs is 1. The van der Waals surface area contributed by atoms with E-state index in [1.165, 1.54) is 22.0 Å². The molecule has 0 N–H and O–H groups in total. The quantitative estimate of drug-likeness (QED) is 0.765. The van der Waals surface area contributed by atoms with E-state index in [-0.39, 0.29) is 29.9 Å². The zero-order valence-electron chi connectivity index (χ0n) is 16.3. The van der Waals surface area contributed by atoms with Crippen molar-refractivity contribution in [3.63, 3.8) is 0 Å². The first-order valence-corrected chi connectivity index (χ1v) is 11.2. The largest absolute Gasteiger partial charge is 0.359 e. The van der Waals surface area contributed by atoms with Gasteiger partial charge in [-0.2, -0.15) is 4.31 Å². The fourth-order valence-corrected chi connectivity index (χ4v) is 5.47. The Hall–Kier alpha value is -2.45. The van der Waals surface area contributed by atoms with Crippen molar-refractivity contribution in [2.24, 2.45) is 0 Å². The van der Waals surface area contributed by atoms with Crippen LogP contribution in [0.5, 0.6) is 0 Å². The second kappa shape index (κ2) is 7.76. The third kappa shape index (κ3) is 3.86. The lowest BCUT2D eigenvalue weighted by Crippen LogP contribution is -2.53. The molecule has 4 rings (SSSR count). The van der Waals surface area contributed by atoms with Gasteiger partial charge in [0, 0.05) is 37.9 Å². The molecular formula is C21H24FN3O3S. The molecule has 0 bridgehead atoms. The lowest BCUT2D eigenvalue weighted by atomic mass is 10.1. The highest BCUT2D eigenvalue weighted by Crippen LogP contribution is 2.31. The van der Waals surface area contributed by atoms with Crippen LogP contribution >= 0.6 is 0 Å². The maximum atomic E-state index is 13.1. The monoisotopic (exact) mass is 417 g/mol. The van der Waals surface area contributed by atoms with Crippen molar-refractivity contribution in [1.29, 1.82) is 0 Å². The Bertz CT molecular complexity index is 1000. The number of amides is 1. The predicted octanol–water partition coefficient (Wildman–Crippen LogP) is 2.11. The van der Waals surface area contributed by atoms with Crippen LogP contribution < -0.4 is 4.90 Å². The average Bonchev–Trinajstić information content (AvgIpc) is 3.03. The molecule has 0 saturated carbocycles. The summed E-state index contributed by atoms with van der Waals surface area (Å²) in [5.74, 6) is -0.468. The van der Waals surface area contributed by atoms with Crippen LogP contribution in [-0.2, 0) is 21.2 Å². The fourth-order valence-electron chi connectivity index (χ4n) is 4.05. The SMILES string of the molecule is C[C@@H]1Cc2ccccc2N1CC(=O)N1CCN(S(=O)(=O)c2ccc(F)cc2)CC1. The summed E-state index contributed by atoms with van der Waals surface area (Å²) >= 11 is 0. The highest BCUT2D eigenvalue weighted by Gasteiger charge is 2.32. The number of piperazine rings is 1. The number of carbonyl (C=O) groups excluding carboxylic acids is 1. The number of sulfonamides is 1. The first-order valence-electron chi connectivity index (χ1n) is 9.74. The summed E-state index contributed by atoms with van der Waals surface area (Å²) in [6, 6.07) is 13.2. The molecule has 2 aromatic rings. The van der Waals surface area contributed by atoms with Gasteiger partial charge in [-0.1, -0.05) is 18.2 Å². The molecule has 2 heterocycles. The van der Waals surface area contributed by atoms with E-state index >= 15 is 0 Å². The van der Waals surface area contributed by atoms with E-state index in [4.69, 9.17) is 0 Å². The van der Waals surface area contributed by atoms with Gasteiger partial charge in [0.05, 0.1) is 11.4 Å². The van der Waals surface area contributed by atoms with Gasteiger partial charge in [0.25, 0.3) is 0 Å². The van der Waals surface area contributed by atoms with Gasteiger partial charge < -0.3 is 9.80 Å². The van der Waals surface area contributed by atoms with Gasteiger partial charge in [0.1, 0.15) is 5.82 Å². The second-order valence-corrected chi connectivity index (χ2v) is 9.49. The number of rotatable bonds is 4. The number of nitrogens with zero attached hydrogens (tertiary/aromatic N) is 3. The van der Waals surface area contributed by atoms with Gasteiger partial charge in [-0.05, 0) is 49.2 Å². The predicted molar refractivity (Wildman–Crippen MR) is 109 cm³/mol. The highest BCUT2D eigenvalue weighted by molar-refractivity contribution is 7.89. The summed E-state index contributed by atoms with van der Waals surface area (Å²) in [5.41, 5.74) is 2.36. The number of hydrogen-bond acceptors (Lipinski definition) is 4. The molecule has 0 radical (unpaired) electrons. The lowest BCUT2D eigenvalue weighted by Gasteiger charge is -2.35. The van der Waals surface area contributed by atoms with Crippen LogP contribution in [0.3, 0.4) is 0 Å². The van der Waals surface area contributed by atoms with Gasteiger partial charge >= 0.3 is 0 Å². The van der Waals surface area contributed by atoms with Gasteiger partial charge in [-0.3, -0.25) is 4.79 Å². The molecule has 1 fully saturated rings. The van der Waals surface area contributed by atoms with E-state index in [0.29, 0.717) is 19.6 Å². The van der Waals surface area contributed by atoms with Crippen LogP contribution in [0.1, 0.15) is 12.5 Å². The molecule has 8 heteroatoms. The first kappa shape index (κ1) is 19.8. The molecular weight excluding hydrogens is 393 g/mol. The number of para-hydroxylation sites is 1. The van der Waals surface area contributed by atoms with E-state index in [9.17, 15) is 17.6 Å². The maximum absolute atomic E-state index is 13.1. The summed E-state index contributed by atoms with van der Waals surface area (Å²) < 4.78 is 39.9. The van der Waals surface area contributed by atoms with E-state index in [1.54, 1.807) is 4.90 Å². The van der Waals surface area contributed by atoms with Gasteiger partial charge in [-0.15, -0.1) is 0 Å². The number of hydrogen-bond donors (Lipinski definition) is 0. The topological polar surface area (TPSA) is 60.9 Å². The number of benzene rings is 2. The Morgan fingerprint density at radius 3 is 2.38 bits per heavy atom. The van der Waals surface area contributed by atoms with Crippen LogP contribution in [0.25, 0.3) is 0 Å². The maximum Gasteiger partial charge on any atom is 0.243 e. The number of carbonyl (C=O) groups is 1. The Kier molecular flexibility index (Phi) is 5.31. The summed E-state index contributed by atoms with van der Waals surface area (Å²) in [7, 11) is -3.68. The van der Waals surface area contributed by atoms with E-state index < -0.39 is 15.8 Å². The normalized spacial score (nSPS) is 20.0. The fraction of sp³-hybridized carbons (Fsp3) is 0.381. The van der Waals surface area contributed by atoms with Crippen molar-refractivity contribution >= 4 is 21.6 Å². The molecule has 2 aromatic carbocycles. The third-order valence-electron chi connectivity index (χ3n) is 5.70. The van der Waals surface area contributed by atoms with Crippen molar-refractivity contribution < 1.29 is 17.6 Å². The molecule has 1 saturated heterocycles. The van der Waals surface area contributed by atoms with Crippen molar-refractivity contribution in [2.75, 3.05) is 37.6 Å². The molecule has 0 aromatic heterocycles. The minimum absolute atomic E-state index is 0.00684. The van der Waals surface area contributed by atoms with Crippen LogP contribution in [0, 0.1) is 5.82 Å². The summed E-state index contributed by atoms with van der Waals surface area (Å²) in [6.07, 6.45) is 0.924. The molecule has 0 aliphatic carbocycles. The standard InChI is InChI=1S/C21H24FN3O3S/c1-16-14-17-4-2-3-5-20(17)25(16)15-21(26)23-10-12-24(13-11-23)29(27,28)19-8-6-18(22)7-9-19/h2-9,16H,10-15H2,1H3/t16-/m1/s1. The Morgan fingerprint density at radius 2 is 1.69 bits per heavy atom. The smallest absolute Gasteiger partial charge is 0.243 e. The highest BCUT2D eigenvalue weighted by atomic mass is 32.2. The van der Waals surface area contributed by atoms with Crippen molar-refractivity contribution in [3.05, 3.63) is 59.9 Å². The molecule has 154 valence electrons. The van der Waals surface area contributed by atoms with Gasteiger partial charge in [-0.25, -0.2) is 12.8 Å². The van der Waals surface area contributed by atoms with Crippen molar-refractivity contribution in [2.45, 2.75) is 24.3 Å². The van der Waals surface area contributed by atoms with Gasteiger partial charge in [0.15, 0.2) is 0 Å². The molecule has 1 amide bonds. The summed E-state index contributed by atoms with van der Waals surface area (Å²) in [6.45, 7) is 3.57. The second-order valence-electron chi connectivity index (χ2n) is 7.55. The molecule has 2 aliphatic rings. The summed E-state index contributed by atoms with van der Waals surface area (Å²) in [4.78, 5) is 16.8. The summed E-state index contributed by atoms with van der Waals surface area (Å²) in [5, 5.41) is 0. The molecule has 29 heavy (non-hydrogen) atoms. The lowest BCUT2D eigenvalue weighted by molar-refractivity contribution is -0.130.